The van der Waals surface area contributed by atoms with Crippen LogP contribution in [-0.2, 0) is 0 Å². The van der Waals surface area contributed by atoms with E-state index in [1.807, 2.05) is 0 Å². The van der Waals surface area contributed by atoms with Gasteiger partial charge in [0, 0.05) is 5.56 Å². The fourth-order valence-electron chi connectivity index (χ4n) is 0.820. The van der Waals surface area contributed by atoms with Crippen LogP contribution in [0.1, 0.15) is 10.4 Å². The van der Waals surface area contributed by atoms with E-state index in [9.17, 15) is 26.7 Å². The Morgan fingerprint density at radius 1 is 1.00 bits per heavy atom. The molecule has 0 atom stereocenters. The first kappa shape index (κ1) is 12.4. The lowest BCUT2D eigenvalue weighted by Gasteiger charge is -2.19. The Morgan fingerprint density at radius 3 is 1.88 bits per heavy atom. The van der Waals surface area contributed by atoms with Gasteiger partial charge in [0.05, 0.1) is 0 Å². The lowest BCUT2D eigenvalue weighted by molar-refractivity contribution is -0.360. The molecule has 1 aromatic rings. The molecule has 0 bridgehead atoms. The van der Waals surface area contributed by atoms with Gasteiger partial charge in [0.15, 0.2) is 0 Å². The summed E-state index contributed by atoms with van der Waals surface area (Å²) in [4.78, 5) is 10.2. The highest BCUT2D eigenvalue weighted by Gasteiger charge is 2.61. The van der Waals surface area contributed by atoms with Crippen molar-refractivity contribution in [3.8, 4) is 5.75 Å². The number of aldehydes is 1. The van der Waals surface area contributed by atoms with Crippen molar-refractivity contribution in [2.24, 2.45) is 0 Å². The van der Waals surface area contributed by atoms with E-state index in [1.165, 1.54) is 0 Å². The van der Waals surface area contributed by atoms with Crippen molar-refractivity contribution in [1.29, 1.82) is 0 Å². The summed E-state index contributed by atoms with van der Waals surface area (Å²) in [5, 5.41) is 0. The molecule has 7 heteroatoms. The maximum absolute atomic E-state index is 12.4. The van der Waals surface area contributed by atoms with Gasteiger partial charge >= 0.3 is 12.3 Å². The van der Waals surface area contributed by atoms with Gasteiger partial charge in [-0.05, 0) is 24.3 Å². The number of hydrogen-bond donors (Lipinski definition) is 0. The normalized spacial score (nSPS) is 12.3. The van der Waals surface area contributed by atoms with E-state index in [4.69, 9.17) is 0 Å². The average molecular weight is 240 g/mol. The van der Waals surface area contributed by atoms with Gasteiger partial charge in [0.2, 0.25) is 0 Å². The summed E-state index contributed by atoms with van der Waals surface area (Å²) in [5.41, 5.74) is 0.141. The molecule has 0 radical (unpaired) electrons. The molecule has 0 unspecified atom stereocenters. The Hall–Kier alpha value is -1.66. The highest BCUT2D eigenvalue weighted by molar-refractivity contribution is 5.74. The van der Waals surface area contributed by atoms with Crippen LogP contribution in [0.4, 0.5) is 22.0 Å². The number of ether oxygens (including phenoxy) is 1. The standard InChI is InChI=1S/C9H5F5O2/c10-8(11,12)9(13,14)16-7-3-1-6(5-15)2-4-7/h1-5H. The third-order valence-electron chi connectivity index (χ3n) is 1.59. The molecule has 0 fully saturated rings. The van der Waals surface area contributed by atoms with Crippen LogP contribution in [-0.4, -0.2) is 18.6 Å². The number of benzene rings is 1. The summed E-state index contributed by atoms with van der Waals surface area (Å²) in [6.07, 6.45) is -10.6. The van der Waals surface area contributed by atoms with Gasteiger partial charge in [-0.3, -0.25) is 4.79 Å². The van der Waals surface area contributed by atoms with Crippen molar-refractivity contribution in [3.63, 3.8) is 0 Å². The molecular formula is C9H5F5O2. The van der Waals surface area contributed by atoms with Crippen molar-refractivity contribution in [2.75, 3.05) is 0 Å². The number of carbonyl (C=O) groups excluding carboxylic acids is 1. The van der Waals surface area contributed by atoms with E-state index < -0.39 is 18.0 Å². The van der Waals surface area contributed by atoms with Gasteiger partial charge in [0.25, 0.3) is 0 Å². The molecule has 16 heavy (non-hydrogen) atoms. The lowest BCUT2D eigenvalue weighted by atomic mass is 10.2. The van der Waals surface area contributed by atoms with Gasteiger partial charge in [-0.15, -0.1) is 0 Å². The van der Waals surface area contributed by atoms with Crippen LogP contribution >= 0.6 is 0 Å². The predicted octanol–water partition coefficient (Wildman–Crippen LogP) is 3.03. The minimum absolute atomic E-state index is 0.141. The van der Waals surface area contributed by atoms with Gasteiger partial charge in [-0.25, -0.2) is 0 Å². The van der Waals surface area contributed by atoms with Crippen LogP contribution in [0, 0.1) is 0 Å². The minimum Gasteiger partial charge on any atom is -0.426 e. The van der Waals surface area contributed by atoms with Crippen molar-refractivity contribution in [2.45, 2.75) is 12.3 Å². The quantitative estimate of drug-likeness (QED) is 0.599. The monoisotopic (exact) mass is 240 g/mol. The molecule has 0 aliphatic rings. The third kappa shape index (κ3) is 2.68. The summed E-state index contributed by atoms with van der Waals surface area (Å²) in [7, 11) is 0. The molecule has 0 N–H and O–H groups in total. The molecule has 0 amide bonds. The number of hydrogen-bond acceptors (Lipinski definition) is 2. The lowest BCUT2D eigenvalue weighted by Crippen LogP contribution is -2.41. The predicted molar refractivity (Wildman–Crippen MR) is 43.5 cm³/mol. The fourth-order valence-corrected chi connectivity index (χ4v) is 0.820. The van der Waals surface area contributed by atoms with Crippen LogP contribution in [0.5, 0.6) is 5.75 Å². The molecule has 0 spiro atoms. The van der Waals surface area contributed by atoms with Gasteiger partial charge in [-0.1, -0.05) is 0 Å². The highest BCUT2D eigenvalue weighted by Crippen LogP contribution is 2.37. The van der Waals surface area contributed by atoms with Crippen molar-refractivity contribution in [1.82, 2.24) is 0 Å². The summed E-state index contributed by atoms with van der Waals surface area (Å²) in [6.45, 7) is 0. The van der Waals surface area contributed by atoms with Crippen molar-refractivity contribution < 1.29 is 31.5 Å². The van der Waals surface area contributed by atoms with E-state index in [2.05, 4.69) is 4.74 Å². The zero-order valence-corrected chi connectivity index (χ0v) is 7.59. The number of alkyl halides is 5. The maximum atomic E-state index is 12.4. The third-order valence-corrected chi connectivity index (χ3v) is 1.59. The summed E-state index contributed by atoms with van der Waals surface area (Å²) in [6, 6.07) is 3.83. The van der Waals surface area contributed by atoms with Gasteiger partial charge in [0.1, 0.15) is 12.0 Å². The molecule has 1 aromatic carbocycles. The first-order chi connectivity index (χ1) is 7.26. The molecule has 0 aromatic heterocycles. The molecule has 0 saturated heterocycles. The van der Waals surface area contributed by atoms with E-state index in [0.29, 0.717) is 6.29 Å². The Kier molecular flexibility index (Phi) is 3.16. The van der Waals surface area contributed by atoms with Crippen LogP contribution in [0.15, 0.2) is 24.3 Å². The average Bonchev–Trinajstić information content (AvgIpc) is 2.16. The molecule has 0 heterocycles. The Morgan fingerprint density at radius 2 is 1.50 bits per heavy atom. The second-order valence-corrected chi connectivity index (χ2v) is 2.80. The largest absolute Gasteiger partial charge is 0.499 e. The van der Waals surface area contributed by atoms with E-state index in [0.717, 1.165) is 24.3 Å². The number of rotatable bonds is 3. The summed E-state index contributed by atoms with van der Waals surface area (Å²) >= 11 is 0. The summed E-state index contributed by atoms with van der Waals surface area (Å²) < 4.78 is 63.5. The number of halogens is 5. The maximum Gasteiger partial charge on any atom is 0.499 e. The molecule has 1 rings (SSSR count). The summed E-state index contributed by atoms with van der Waals surface area (Å²) in [5.74, 6) is -0.673. The first-order valence-electron chi connectivity index (χ1n) is 3.95. The zero-order valence-electron chi connectivity index (χ0n) is 7.59. The van der Waals surface area contributed by atoms with Crippen LogP contribution in [0.25, 0.3) is 0 Å². The molecule has 2 nitrogen and oxygen atoms in total. The second-order valence-electron chi connectivity index (χ2n) is 2.80. The topological polar surface area (TPSA) is 26.3 Å². The Balaban J connectivity index is 2.84. The van der Waals surface area contributed by atoms with Crippen LogP contribution in [0.2, 0.25) is 0 Å². The Bertz CT molecular complexity index is 368. The SMILES string of the molecule is O=Cc1ccc(OC(F)(F)C(F)(F)F)cc1. The molecular weight excluding hydrogens is 235 g/mol. The van der Waals surface area contributed by atoms with Crippen LogP contribution in [0.3, 0.4) is 0 Å². The van der Waals surface area contributed by atoms with E-state index >= 15 is 0 Å². The minimum atomic E-state index is -5.78. The molecule has 88 valence electrons. The van der Waals surface area contributed by atoms with Crippen molar-refractivity contribution in [3.05, 3.63) is 29.8 Å². The zero-order chi connectivity index (χ0) is 12.4. The number of carbonyl (C=O) groups is 1. The van der Waals surface area contributed by atoms with Crippen LogP contribution < -0.4 is 4.74 Å². The molecule has 0 aliphatic heterocycles. The molecule has 0 aliphatic carbocycles. The fraction of sp³-hybridized carbons (Fsp3) is 0.222. The highest BCUT2D eigenvalue weighted by atomic mass is 19.4. The van der Waals surface area contributed by atoms with E-state index in [-0.39, 0.29) is 5.56 Å². The Labute approximate surface area is 86.6 Å². The smallest absolute Gasteiger partial charge is 0.426 e. The first-order valence-corrected chi connectivity index (χ1v) is 3.95. The van der Waals surface area contributed by atoms with Gasteiger partial charge < -0.3 is 4.74 Å². The van der Waals surface area contributed by atoms with Crippen molar-refractivity contribution >= 4 is 6.29 Å². The van der Waals surface area contributed by atoms with E-state index in [1.54, 1.807) is 0 Å². The molecule has 0 saturated carbocycles. The second kappa shape index (κ2) is 4.07. The van der Waals surface area contributed by atoms with Gasteiger partial charge in [-0.2, -0.15) is 22.0 Å².